The third-order valence-corrected chi connectivity index (χ3v) is 3.33. The van der Waals surface area contributed by atoms with Gasteiger partial charge in [0.05, 0.1) is 0 Å². The molecule has 0 aromatic carbocycles. The van der Waals surface area contributed by atoms with Gasteiger partial charge in [-0.2, -0.15) is 11.8 Å². The average Bonchev–Trinajstić information content (AvgIpc) is 2.17. The van der Waals surface area contributed by atoms with Crippen LogP contribution in [0.3, 0.4) is 0 Å². The van der Waals surface area contributed by atoms with Crippen molar-refractivity contribution in [2.24, 2.45) is 0 Å². The zero-order chi connectivity index (χ0) is 10.1. The summed E-state index contributed by atoms with van der Waals surface area (Å²) in [6, 6.07) is 0. The Labute approximate surface area is 87.3 Å². The van der Waals surface area contributed by atoms with Gasteiger partial charge in [0.15, 0.2) is 11.6 Å². The van der Waals surface area contributed by atoms with E-state index in [2.05, 4.69) is 9.97 Å². The second kappa shape index (κ2) is 3.69. The number of aromatic nitrogens is 2. The summed E-state index contributed by atoms with van der Waals surface area (Å²) < 4.78 is 0. The molecule has 0 bridgehead atoms. The topological polar surface area (TPSA) is 42.9 Å². The summed E-state index contributed by atoms with van der Waals surface area (Å²) in [4.78, 5) is 19.7. The zero-order valence-electron chi connectivity index (χ0n) is 8.33. The van der Waals surface area contributed by atoms with E-state index in [4.69, 9.17) is 0 Å². The number of nitrogens with zero attached hydrogens (tertiary/aromatic N) is 2. The van der Waals surface area contributed by atoms with Crippen LogP contribution in [0.15, 0.2) is 0 Å². The number of ketones is 1. The van der Waals surface area contributed by atoms with Gasteiger partial charge in [0, 0.05) is 29.6 Å². The van der Waals surface area contributed by atoms with Crippen LogP contribution >= 0.6 is 11.8 Å². The standard InChI is InChI=1S/C10H12N2OS/c1-6-8-5-14-4-3-9(8)12-10(11-6)7(2)13/h3-5H2,1-2H3. The van der Waals surface area contributed by atoms with Crippen LogP contribution in [0.2, 0.25) is 0 Å². The van der Waals surface area contributed by atoms with Crippen molar-refractivity contribution in [3.63, 3.8) is 0 Å². The lowest BCUT2D eigenvalue weighted by Crippen LogP contribution is -2.13. The molecule has 4 heteroatoms. The molecule has 0 saturated heterocycles. The van der Waals surface area contributed by atoms with Crippen LogP contribution in [-0.2, 0) is 12.2 Å². The largest absolute Gasteiger partial charge is 0.291 e. The number of rotatable bonds is 1. The van der Waals surface area contributed by atoms with Gasteiger partial charge >= 0.3 is 0 Å². The minimum absolute atomic E-state index is 0.0471. The Hall–Kier alpha value is -0.900. The molecule has 0 atom stereocenters. The summed E-state index contributed by atoms with van der Waals surface area (Å²) in [6.07, 6.45) is 0.962. The second-order valence-corrected chi connectivity index (χ2v) is 4.52. The lowest BCUT2D eigenvalue weighted by atomic mass is 10.1. The van der Waals surface area contributed by atoms with Crippen LogP contribution in [0.1, 0.15) is 34.5 Å². The summed E-state index contributed by atoms with van der Waals surface area (Å²) in [6.45, 7) is 3.47. The highest BCUT2D eigenvalue weighted by atomic mass is 32.2. The molecule has 14 heavy (non-hydrogen) atoms. The fraction of sp³-hybridized carbons (Fsp3) is 0.500. The highest BCUT2D eigenvalue weighted by Gasteiger charge is 2.16. The van der Waals surface area contributed by atoms with E-state index in [1.54, 1.807) is 0 Å². The minimum Gasteiger partial charge on any atom is -0.291 e. The zero-order valence-corrected chi connectivity index (χ0v) is 9.15. The molecule has 3 nitrogen and oxygen atoms in total. The summed E-state index contributed by atoms with van der Waals surface area (Å²) in [5.74, 6) is 2.41. The fourth-order valence-electron chi connectivity index (χ4n) is 1.55. The molecule has 1 aliphatic heterocycles. The van der Waals surface area contributed by atoms with Crippen LogP contribution in [0, 0.1) is 6.92 Å². The number of hydrogen-bond donors (Lipinski definition) is 0. The molecule has 2 heterocycles. The molecule has 1 aromatic heterocycles. The highest BCUT2D eigenvalue weighted by Crippen LogP contribution is 2.24. The molecule has 1 aliphatic rings. The molecule has 74 valence electrons. The summed E-state index contributed by atoms with van der Waals surface area (Å²) in [5.41, 5.74) is 3.26. The van der Waals surface area contributed by atoms with E-state index in [0.29, 0.717) is 5.82 Å². The SMILES string of the molecule is CC(=O)c1nc(C)c2c(n1)CCSC2. The van der Waals surface area contributed by atoms with Gasteiger partial charge in [-0.05, 0) is 19.1 Å². The third-order valence-electron chi connectivity index (χ3n) is 2.34. The predicted molar refractivity (Wildman–Crippen MR) is 56.6 cm³/mol. The molecule has 0 fully saturated rings. The summed E-state index contributed by atoms with van der Waals surface area (Å²) in [7, 11) is 0. The van der Waals surface area contributed by atoms with Gasteiger partial charge in [-0.1, -0.05) is 0 Å². The molecule has 0 spiro atoms. The third kappa shape index (κ3) is 1.66. The van der Waals surface area contributed by atoms with Crippen molar-refractivity contribution < 1.29 is 4.79 Å². The van der Waals surface area contributed by atoms with E-state index in [-0.39, 0.29) is 5.78 Å². The Kier molecular flexibility index (Phi) is 2.54. The number of fused-ring (bicyclic) bond motifs is 1. The molecule has 0 N–H and O–H groups in total. The highest BCUT2D eigenvalue weighted by molar-refractivity contribution is 7.98. The van der Waals surface area contributed by atoms with Crippen LogP contribution in [-0.4, -0.2) is 21.5 Å². The fourth-order valence-corrected chi connectivity index (χ4v) is 2.61. The molecular formula is C10H12N2OS. The molecule has 0 unspecified atom stereocenters. The van der Waals surface area contributed by atoms with Crippen molar-refractivity contribution in [1.29, 1.82) is 0 Å². The van der Waals surface area contributed by atoms with E-state index in [9.17, 15) is 4.79 Å². The number of carbonyl (C=O) groups excluding carboxylic acids is 1. The molecule has 0 radical (unpaired) electrons. The number of Topliss-reactive ketones (excluding diaryl/α,β-unsaturated/α-hetero) is 1. The Morgan fingerprint density at radius 3 is 2.93 bits per heavy atom. The quantitative estimate of drug-likeness (QED) is 0.660. The molecule has 0 saturated carbocycles. The molecule has 0 aliphatic carbocycles. The lowest BCUT2D eigenvalue weighted by molar-refractivity contribution is 0.100. The summed E-state index contributed by atoms with van der Waals surface area (Å²) >= 11 is 1.90. The normalized spacial score (nSPS) is 15.0. The predicted octanol–water partition coefficient (Wildman–Crippen LogP) is 1.78. The van der Waals surface area contributed by atoms with E-state index < -0.39 is 0 Å². The molecule has 2 rings (SSSR count). The van der Waals surface area contributed by atoms with E-state index in [0.717, 1.165) is 29.3 Å². The van der Waals surface area contributed by atoms with E-state index in [1.807, 2.05) is 18.7 Å². The Morgan fingerprint density at radius 2 is 2.21 bits per heavy atom. The maximum Gasteiger partial charge on any atom is 0.196 e. The van der Waals surface area contributed by atoms with Crippen molar-refractivity contribution >= 4 is 17.5 Å². The van der Waals surface area contributed by atoms with Gasteiger partial charge in [0.2, 0.25) is 0 Å². The van der Waals surface area contributed by atoms with Crippen LogP contribution in [0.5, 0.6) is 0 Å². The maximum absolute atomic E-state index is 11.2. The number of carbonyl (C=O) groups is 1. The molecule has 0 amide bonds. The van der Waals surface area contributed by atoms with Gasteiger partial charge in [0.1, 0.15) is 0 Å². The number of thioether (sulfide) groups is 1. The number of aryl methyl sites for hydroxylation is 2. The lowest BCUT2D eigenvalue weighted by Gasteiger charge is -2.16. The van der Waals surface area contributed by atoms with E-state index >= 15 is 0 Å². The smallest absolute Gasteiger partial charge is 0.196 e. The van der Waals surface area contributed by atoms with Crippen LogP contribution in [0.4, 0.5) is 0 Å². The van der Waals surface area contributed by atoms with Crippen molar-refractivity contribution in [2.75, 3.05) is 5.75 Å². The van der Waals surface area contributed by atoms with Gasteiger partial charge in [-0.25, -0.2) is 9.97 Å². The Bertz CT molecular complexity index is 390. The minimum atomic E-state index is -0.0471. The second-order valence-electron chi connectivity index (χ2n) is 3.42. The first-order valence-corrected chi connectivity index (χ1v) is 5.79. The van der Waals surface area contributed by atoms with Gasteiger partial charge in [0.25, 0.3) is 0 Å². The van der Waals surface area contributed by atoms with E-state index in [1.165, 1.54) is 12.5 Å². The first kappa shape index (κ1) is 9.65. The molecule has 1 aromatic rings. The molecular weight excluding hydrogens is 196 g/mol. The van der Waals surface area contributed by atoms with Gasteiger partial charge < -0.3 is 0 Å². The van der Waals surface area contributed by atoms with Crippen molar-refractivity contribution in [2.45, 2.75) is 26.0 Å². The van der Waals surface area contributed by atoms with Crippen molar-refractivity contribution in [1.82, 2.24) is 9.97 Å². The van der Waals surface area contributed by atoms with Gasteiger partial charge in [-0.3, -0.25) is 4.79 Å². The summed E-state index contributed by atoms with van der Waals surface area (Å²) in [5, 5.41) is 0. The van der Waals surface area contributed by atoms with Crippen LogP contribution < -0.4 is 0 Å². The Morgan fingerprint density at radius 1 is 1.43 bits per heavy atom. The first-order chi connectivity index (χ1) is 6.68. The number of hydrogen-bond acceptors (Lipinski definition) is 4. The van der Waals surface area contributed by atoms with Crippen LogP contribution in [0.25, 0.3) is 0 Å². The average molecular weight is 208 g/mol. The van der Waals surface area contributed by atoms with Crippen molar-refractivity contribution in [3.8, 4) is 0 Å². The monoisotopic (exact) mass is 208 g/mol. The van der Waals surface area contributed by atoms with Gasteiger partial charge in [-0.15, -0.1) is 0 Å². The maximum atomic E-state index is 11.2. The van der Waals surface area contributed by atoms with Crippen molar-refractivity contribution in [3.05, 3.63) is 22.8 Å². The first-order valence-electron chi connectivity index (χ1n) is 4.63. The Balaban J connectivity index is 2.51.